The number of benzene rings is 3. The first kappa shape index (κ1) is 23.7. The van der Waals surface area contributed by atoms with Crippen molar-refractivity contribution in [2.45, 2.75) is 32.6 Å². The summed E-state index contributed by atoms with van der Waals surface area (Å²) >= 11 is 0. The molecule has 2 heterocycles. The molecule has 5 rings (SSSR count). The highest BCUT2D eigenvalue weighted by Gasteiger charge is 2.22. The number of rotatable bonds is 7. The molecule has 0 aliphatic heterocycles. The van der Waals surface area contributed by atoms with Crippen LogP contribution in [-0.4, -0.2) is 38.0 Å². The molecule has 36 heavy (non-hydrogen) atoms. The van der Waals surface area contributed by atoms with Crippen molar-refractivity contribution in [1.29, 1.82) is 0 Å². The van der Waals surface area contributed by atoms with Gasteiger partial charge in [-0.15, -0.1) is 0 Å². The third-order valence-corrected chi connectivity index (χ3v) is 5.94. The molecule has 2 aromatic heterocycles. The van der Waals surface area contributed by atoms with Crippen molar-refractivity contribution < 1.29 is 9.50 Å². The molecule has 7 nitrogen and oxygen atoms in total. The molecule has 0 amide bonds. The van der Waals surface area contributed by atoms with Crippen LogP contribution in [0.15, 0.2) is 66.7 Å². The minimum Gasteiger partial charge on any atom is -0.396 e. The first-order valence-electron chi connectivity index (χ1n) is 12.0. The highest BCUT2D eigenvalue weighted by molar-refractivity contribution is 5.96. The van der Waals surface area contributed by atoms with Crippen LogP contribution in [0.4, 0.5) is 21.8 Å². The molecule has 0 radical (unpaired) electrons. The fraction of sp³-hybridized carbons (Fsp3) is 0.250. The molecule has 3 N–H and O–H groups in total. The van der Waals surface area contributed by atoms with Crippen LogP contribution in [-0.2, 0) is 5.41 Å². The van der Waals surface area contributed by atoms with Crippen LogP contribution in [0.5, 0.6) is 0 Å². The van der Waals surface area contributed by atoms with Gasteiger partial charge in [0.25, 0.3) is 0 Å². The predicted molar refractivity (Wildman–Crippen MR) is 143 cm³/mol. The second-order valence-electron chi connectivity index (χ2n) is 9.79. The predicted octanol–water partition coefficient (Wildman–Crippen LogP) is 5.94. The Labute approximate surface area is 209 Å². The number of hydrogen-bond acceptors (Lipinski definition) is 6. The van der Waals surface area contributed by atoms with E-state index in [1.54, 1.807) is 10.7 Å². The molecule has 0 saturated carbocycles. The monoisotopic (exact) mass is 484 g/mol. The molecule has 8 heteroatoms. The van der Waals surface area contributed by atoms with Crippen LogP contribution in [0, 0.1) is 5.82 Å². The van der Waals surface area contributed by atoms with Crippen LogP contribution >= 0.6 is 0 Å². The van der Waals surface area contributed by atoms with Gasteiger partial charge in [-0.3, -0.25) is 0 Å². The maximum atomic E-state index is 14.1. The molecule has 0 spiro atoms. The van der Waals surface area contributed by atoms with Gasteiger partial charge in [0.15, 0.2) is 11.6 Å². The van der Waals surface area contributed by atoms with E-state index < -0.39 is 0 Å². The Morgan fingerprint density at radius 3 is 2.22 bits per heavy atom. The van der Waals surface area contributed by atoms with E-state index in [2.05, 4.69) is 31.4 Å². The average molecular weight is 485 g/mol. The highest BCUT2D eigenvalue weighted by atomic mass is 19.1. The van der Waals surface area contributed by atoms with Gasteiger partial charge in [-0.1, -0.05) is 51.1 Å². The smallest absolute Gasteiger partial charge is 0.175 e. The molecule has 5 aromatic rings. The van der Waals surface area contributed by atoms with Crippen molar-refractivity contribution in [3.8, 4) is 5.69 Å². The molecule has 3 aromatic carbocycles. The Bertz CT molecular complexity index is 1540. The van der Waals surface area contributed by atoms with E-state index in [0.717, 1.165) is 27.5 Å². The average Bonchev–Trinajstić information content (AvgIpc) is 3.28. The lowest BCUT2D eigenvalue weighted by Crippen LogP contribution is -2.12. The molecule has 184 valence electrons. The van der Waals surface area contributed by atoms with Crippen LogP contribution in [0.2, 0.25) is 0 Å². The summed E-state index contributed by atoms with van der Waals surface area (Å²) in [5.74, 6) is 1.39. The summed E-state index contributed by atoms with van der Waals surface area (Å²) in [6, 6.07) is 20.4. The van der Waals surface area contributed by atoms with Gasteiger partial charge >= 0.3 is 0 Å². The lowest BCUT2D eigenvalue weighted by Gasteiger charge is -2.15. The van der Waals surface area contributed by atoms with Crippen molar-refractivity contribution in [2.75, 3.05) is 23.8 Å². The van der Waals surface area contributed by atoms with E-state index in [0.29, 0.717) is 36.1 Å². The lowest BCUT2D eigenvalue weighted by atomic mass is 9.92. The summed E-state index contributed by atoms with van der Waals surface area (Å²) in [5, 5.41) is 22.9. The highest BCUT2D eigenvalue weighted by Crippen LogP contribution is 2.31. The fourth-order valence-electron chi connectivity index (χ4n) is 4.00. The maximum absolute atomic E-state index is 14.1. The molecular weight excluding hydrogens is 455 g/mol. The first-order valence-corrected chi connectivity index (χ1v) is 12.0. The second-order valence-corrected chi connectivity index (χ2v) is 9.79. The summed E-state index contributed by atoms with van der Waals surface area (Å²) in [7, 11) is 0. The molecule has 0 aliphatic rings. The number of nitrogens with zero attached hydrogens (tertiary/aromatic N) is 4. The Morgan fingerprint density at radius 2 is 1.58 bits per heavy atom. The Kier molecular flexibility index (Phi) is 6.28. The van der Waals surface area contributed by atoms with E-state index >= 15 is 0 Å². The molecule has 0 unspecified atom stereocenters. The largest absolute Gasteiger partial charge is 0.396 e. The molecule has 0 aliphatic carbocycles. The van der Waals surface area contributed by atoms with E-state index in [1.165, 1.54) is 12.1 Å². The van der Waals surface area contributed by atoms with E-state index in [9.17, 15) is 9.50 Å². The number of aromatic nitrogens is 4. The molecule has 0 saturated heterocycles. The van der Waals surface area contributed by atoms with Crippen molar-refractivity contribution >= 4 is 39.3 Å². The number of anilines is 3. The van der Waals surface area contributed by atoms with Crippen LogP contribution in [0.3, 0.4) is 0 Å². The van der Waals surface area contributed by atoms with E-state index in [4.69, 9.17) is 15.1 Å². The molecule has 0 bridgehead atoms. The summed E-state index contributed by atoms with van der Waals surface area (Å²) in [6.07, 6.45) is 0.576. The van der Waals surface area contributed by atoms with Gasteiger partial charge in [-0.25, -0.2) is 19.0 Å². The second kappa shape index (κ2) is 9.54. The van der Waals surface area contributed by atoms with Gasteiger partial charge in [-0.2, -0.15) is 5.10 Å². The van der Waals surface area contributed by atoms with Crippen LogP contribution < -0.4 is 10.6 Å². The SMILES string of the molecule is CC(C)(C)c1cc(Nc2nc3cc4ccccc4cc3nc2NCCCO)n(-c2cccc(F)c2)n1. The van der Waals surface area contributed by atoms with E-state index in [-0.39, 0.29) is 17.8 Å². The fourth-order valence-corrected chi connectivity index (χ4v) is 4.00. The minimum atomic E-state index is -0.338. The number of halogens is 1. The normalized spacial score (nSPS) is 11.8. The van der Waals surface area contributed by atoms with Gasteiger partial charge < -0.3 is 15.7 Å². The minimum absolute atomic E-state index is 0.0721. The summed E-state index contributed by atoms with van der Waals surface area (Å²) in [6.45, 7) is 6.85. The van der Waals surface area contributed by atoms with Gasteiger partial charge in [0.2, 0.25) is 0 Å². The molecule has 0 atom stereocenters. The van der Waals surface area contributed by atoms with Crippen molar-refractivity contribution in [3.05, 3.63) is 78.2 Å². The van der Waals surface area contributed by atoms with Gasteiger partial charge in [-0.05, 0) is 47.5 Å². The van der Waals surface area contributed by atoms with Crippen LogP contribution in [0.1, 0.15) is 32.9 Å². The standard InChI is InChI=1S/C28H29FN6O/c1-28(2,3)24-17-25(35(34-24)21-11-6-10-20(29)16-21)33-27-26(30-12-7-13-36)31-22-14-18-8-4-5-9-19(18)15-23(22)32-27/h4-6,8-11,14-17,36H,7,12-13H2,1-3H3,(H,30,31)(H,32,33). The zero-order chi connectivity index (χ0) is 25.3. The zero-order valence-electron chi connectivity index (χ0n) is 20.6. The number of nitrogens with one attached hydrogen (secondary N) is 2. The molecule has 0 fully saturated rings. The van der Waals surface area contributed by atoms with Crippen molar-refractivity contribution in [3.63, 3.8) is 0 Å². The van der Waals surface area contributed by atoms with Crippen LogP contribution in [0.25, 0.3) is 27.5 Å². The zero-order valence-corrected chi connectivity index (χ0v) is 20.6. The number of aliphatic hydroxyl groups excluding tert-OH is 1. The molecular formula is C28H29FN6O. The third-order valence-electron chi connectivity index (χ3n) is 5.94. The quantitative estimate of drug-likeness (QED) is 0.196. The van der Waals surface area contributed by atoms with Crippen molar-refractivity contribution in [1.82, 2.24) is 19.7 Å². The number of aliphatic hydroxyl groups is 1. The topological polar surface area (TPSA) is 87.9 Å². The van der Waals surface area contributed by atoms with Gasteiger partial charge in [0.1, 0.15) is 11.6 Å². The lowest BCUT2D eigenvalue weighted by molar-refractivity contribution is 0.292. The third kappa shape index (κ3) is 4.85. The number of fused-ring (bicyclic) bond motifs is 2. The van der Waals surface area contributed by atoms with E-state index in [1.807, 2.05) is 48.5 Å². The Morgan fingerprint density at radius 1 is 0.889 bits per heavy atom. The maximum Gasteiger partial charge on any atom is 0.175 e. The van der Waals surface area contributed by atoms with Crippen molar-refractivity contribution in [2.24, 2.45) is 0 Å². The van der Waals surface area contributed by atoms with Gasteiger partial charge in [0, 0.05) is 24.6 Å². The van der Waals surface area contributed by atoms with Gasteiger partial charge in [0.05, 0.1) is 22.4 Å². The summed E-state index contributed by atoms with van der Waals surface area (Å²) < 4.78 is 15.8. The summed E-state index contributed by atoms with van der Waals surface area (Å²) in [4.78, 5) is 9.77. The Hall–Kier alpha value is -4.04. The summed E-state index contributed by atoms with van der Waals surface area (Å²) in [5.41, 5.74) is 2.74. The Balaban J connectivity index is 1.64. The number of hydrogen-bond donors (Lipinski definition) is 3. The first-order chi connectivity index (χ1) is 17.3.